The van der Waals surface area contributed by atoms with Gasteiger partial charge in [-0.15, -0.1) is 0 Å². The number of aryl methyl sites for hydroxylation is 2. The molecule has 3 N–H and O–H groups in total. The molecule has 8 nitrogen and oxygen atoms in total. The Morgan fingerprint density at radius 3 is 2.34 bits per heavy atom. The maximum atomic E-state index is 5.47. The molecular formula is C20H28N6O2S. The van der Waals surface area contributed by atoms with E-state index in [2.05, 4.69) is 44.8 Å². The number of anilines is 2. The summed E-state index contributed by atoms with van der Waals surface area (Å²) in [6.45, 7) is 8.63. The standard InChI is InChI=1S/C20H28N6O2S/c1-12(2)11-21-18(25-19-22-13(3)9-14(4)23-19)26-20(29)24-16-10-15(27-5)7-8-17(16)28-6/h7-10,12H,11H2,1-6H3,(H3,21,22,23,24,25,26,29). The van der Waals surface area contributed by atoms with Crippen molar-refractivity contribution in [3.63, 3.8) is 0 Å². The third-order valence-corrected chi connectivity index (χ3v) is 3.92. The van der Waals surface area contributed by atoms with Crippen molar-refractivity contribution in [2.45, 2.75) is 27.7 Å². The Hall–Kier alpha value is -2.94. The van der Waals surface area contributed by atoms with Crippen molar-refractivity contribution in [3.8, 4) is 11.5 Å². The number of aliphatic imine (C=N–C) groups is 1. The van der Waals surface area contributed by atoms with E-state index in [-0.39, 0.29) is 0 Å². The van der Waals surface area contributed by atoms with Crippen LogP contribution in [0.3, 0.4) is 0 Å². The maximum absolute atomic E-state index is 5.47. The van der Waals surface area contributed by atoms with Crippen LogP contribution >= 0.6 is 12.2 Å². The highest BCUT2D eigenvalue weighted by Crippen LogP contribution is 2.28. The molecule has 0 saturated heterocycles. The Bertz CT molecular complexity index is 865. The van der Waals surface area contributed by atoms with Crippen molar-refractivity contribution in [2.24, 2.45) is 10.9 Å². The minimum absolute atomic E-state index is 0.343. The van der Waals surface area contributed by atoms with Gasteiger partial charge in [-0.3, -0.25) is 10.3 Å². The summed E-state index contributed by atoms with van der Waals surface area (Å²) in [5, 5.41) is 9.66. The highest BCUT2D eigenvalue weighted by Gasteiger charge is 2.10. The highest BCUT2D eigenvalue weighted by atomic mass is 32.1. The maximum Gasteiger partial charge on any atom is 0.229 e. The number of nitrogens with zero attached hydrogens (tertiary/aromatic N) is 3. The Morgan fingerprint density at radius 2 is 1.76 bits per heavy atom. The molecule has 9 heteroatoms. The number of nitrogens with one attached hydrogen (secondary N) is 3. The number of ether oxygens (including phenoxy) is 2. The minimum Gasteiger partial charge on any atom is -0.497 e. The Labute approximate surface area is 177 Å². The van der Waals surface area contributed by atoms with Crippen LogP contribution in [0.25, 0.3) is 0 Å². The molecule has 156 valence electrons. The molecule has 0 spiro atoms. The van der Waals surface area contributed by atoms with Crippen LogP contribution in [0.15, 0.2) is 29.3 Å². The first kappa shape index (κ1) is 22.4. The first-order valence-electron chi connectivity index (χ1n) is 9.24. The lowest BCUT2D eigenvalue weighted by molar-refractivity contribution is 0.405. The molecule has 0 aliphatic carbocycles. The van der Waals surface area contributed by atoms with Crippen molar-refractivity contribution in [2.75, 3.05) is 31.4 Å². The van der Waals surface area contributed by atoms with E-state index in [0.717, 1.165) is 11.4 Å². The van der Waals surface area contributed by atoms with Gasteiger partial charge in [-0.1, -0.05) is 13.8 Å². The number of thiocarbonyl (C=S) groups is 1. The predicted molar refractivity (Wildman–Crippen MR) is 121 cm³/mol. The van der Waals surface area contributed by atoms with Crippen LogP contribution in [-0.2, 0) is 0 Å². The van der Waals surface area contributed by atoms with Crippen molar-refractivity contribution in [1.82, 2.24) is 15.3 Å². The molecule has 0 amide bonds. The van der Waals surface area contributed by atoms with Gasteiger partial charge in [0.15, 0.2) is 5.11 Å². The molecule has 2 rings (SSSR count). The van der Waals surface area contributed by atoms with Crippen LogP contribution < -0.4 is 25.4 Å². The number of hydrogen-bond donors (Lipinski definition) is 3. The first-order valence-corrected chi connectivity index (χ1v) is 9.65. The largest absolute Gasteiger partial charge is 0.497 e. The van der Waals surface area contributed by atoms with Crippen molar-refractivity contribution in [1.29, 1.82) is 0 Å². The predicted octanol–water partition coefficient (Wildman–Crippen LogP) is 3.52. The monoisotopic (exact) mass is 416 g/mol. The molecule has 1 heterocycles. The number of aromatic nitrogens is 2. The summed E-state index contributed by atoms with van der Waals surface area (Å²) in [4.78, 5) is 13.4. The molecule has 0 atom stereocenters. The lowest BCUT2D eigenvalue weighted by Gasteiger charge is -2.16. The number of hydrogen-bond acceptors (Lipinski definition) is 6. The minimum atomic E-state index is 0.343. The van der Waals surface area contributed by atoms with Crippen LogP contribution in [0.5, 0.6) is 11.5 Å². The molecule has 2 aromatic rings. The molecule has 0 fully saturated rings. The first-order chi connectivity index (χ1) is 13.8. The fraction of sp³-hybridized carbons (Fsp3) is 0.400. The second-order valence-electron chi connectivity index (χ2n) is 6.83. The molecule has 1 aromatic heterocycles. The molecule has 0 saturated carbocycles. The van der Waals surface area contributed by atoms with Gasteiger partial charge in [0, 0.05) is 24.0 Å². The van der Waals surface area contributed by atoms with E-state index < -0.39 is 0 Å². The van der Waals surface area contributed by atoms with Crippen LogP contribution in [0, 0.1) is 19.8 Å². The zero-order valence-corrected chi connectivity index (χ0v) is 18.5. The van der Waals surface area contributed by atoms with Crippen molar-refractivity contribution >= 4 is 34.9 Å². The van der Waals surface area contributed by atoms with Gasteiger partial charge in [0.25, 0.3) is 0 Å². The van der Waals surface area contributed by atoms with Crippen LogP contribution in [0.2, 0.25) is 0 Å². The number of guanidine groups is 1. The van der Waals surface area contributed by atoms with Crippen molar-refractivity contribution < 1.29 is 9.47 Å². The normalized spacial score (nSPS) is 11.2. The molecule has 0 bridgehead atoms. The van der Waals surface area contributed by atoms with E-state index in [0.29, 0.717) is 46.7 Å². The van der Waals surface area contributed by atoms with Crippen molar-refractivity contribution in [3.05, 3.63) is 35.7 Å². The Morgan fingerprint density at radius 1 is 1.07 bits per heavy atom. The van der Waals surface area contributed by atoms with Gasteiger partial charge in [0.05, 0.1) is 19.9 Å². The van der Waals surface area contributed by atoms with E-state index in [9.17, 15) is 0 Å². The number of methoxy groups -OCH3 is 2. The smallest absolute Gasteiger partial charge is 0.229 e. The van der Waals surface area contributed by atoms with Crippen LogP contribution in [0.4, 0.5) is 11.6 Å². The summed E-state index contributed by atoms with van der Waals surface area (Å²) in [5.41, 5.74) is 2.41. The summed E-state index contributed by atoms with van der Waals surface area (Å²) >= 11 is 5.47. The average molecular weight is 417 g/mol. The van der Waals surface area contributed by atoms with Gasteiger partial charge in [0.2, 0.25) is 11.9 Å². The number of benzene rings is 1. The summed E-state index contributed by atoms with van der Waals surface area (Å²) in [6.07, 6.45) is 0. The Balaban J connectivity index is 2.18. The second kappa shape index (κ2) is 10.6. The van der Waals surface area contributed by atoms with Gasteiger partial charge in [-0.05, 0) is 50.2 Å². The third kappa shape index (κ3) is 7.19. The fourth-order valence-corrected chi connectivity index (χ4v) is 2.65. The lowest BCUT2D eigenvalue weighted by Crippen LogP contribution is -2.39. The van der Waals surface area contributed by atoms with Gasteiger partial charge in [-0.2, -0.15) is 0 Å². The Kier molecular flexibility index (Phi) is 8.14. The fourth-order valence-electron chi connectivity index (χ4n) is 2.44. The lowest BCUT2D eigenvalue weighted by atomic mass is 10.2. The zero-order valence-electron chi connectivity index (χ0n) is 17.7. The van der Waals surface area contributed by atoms with E-state index in [1.165, 1.54) is 0 Å². The summed E-state index contributed by atoms with van der Waals surface area (Å²) in [7, 11) is 3.20. The third-order valence-electron chi connectivity index (χ3n) is 3.71. The topological polar surface area (TPSA) is 92.7 Å². The zero-order chi connectivity index (χ0) is 21.4. The molecule has 0 aliphatic rings. The van der Waals surface area contributed by atoms with E-state index >= 15 is 0 Å². The van der Waals surface area contributed by atoms with Crippen LogP contribution in [-0.4, -0.2) is 41.8 Å². The van der Waals surface area contributed by atoms with Crippen LogP contribution in [0.1, 0.15) is 25.2 Å². The summed E-state index contributed by atoms with van der Waals surface area (Å²) in [6, 6.07) is 7.33. The molecule has 0 unspecified atom stereocenters. The molecule has 0 radical (unpaired) electrons. The highest BCUT2D eigenvalue weighted by molar-refractivity contribution is 7.80. The SMILES string of the molecule is COc1ccc(OC)c(NC(=S)NC(=NCC(C)C)Nc2nc(C)cc(C)n2)c1. The second-order valence-corrected chi connectivity index (χ2v) is 7.24. The van der Waals surface area contributed by atoms with E-state index in [1.807, 2.05) is 26.0 Å². The quantitative estimate of drug-likeness (QED) is 0.374. The van der Waals surface area contributed by atoms with Gasteiger partial charge in [0.1, 0.15) is 11.5 Å². The van der Waals surface area contributed by atoms with Gasteiger partial charge >= 0.3 is 0 Å². The number of rotatable bonds is 6. The summed E-state index contributed by atoms with van der Waals surface area (Å²) < 4.78 is 10.7. The molecule has 29 heavy (non-hydrogen) atoms. The van der Waals surface area contributed by atoms with E-state index in [4.69, 9.17) is 21.7 Å². The average Bonchev–Trinajstić information content (AvgIpc) is 2.65. The molecule has 0 aliphatic heterocycles. The van der Waals surface area contributed by atoms with Gasteiger partial charge in [-0.25, -0.2) is 9.97 Å². The van der Waals surface area contributed by atoms with E-state index in [1.54, 1.807) is 26.4 Å². The van der Waals surface area contributed by atoms with Gasteiger partial charge < -0.3 is 20.1 Å². The molecular weight excluding hydrogens is 388 g/mol. The molecule has 1 aromatic carbocycles. The summed E-state index contributed by atoms with van der Waals surface area (Å²) in [5.74, 6) is 2.63.